The van der Waals surface area contributed by atoms with Gasteiger partial charge in [0.15, 0.2) is 0 Å². The van der Waals surface area contributed by atoms with Crippen molar-refractivity contribution < 1.29 is 0 Å². The molecule has 0 bridgehead atoms. The van der Waals surface area contributed by atoms with E-state index in [2.05, 4.69) is 84.9 Å². The molecule has 0 unspecified atom stereocenters. The molecular weight excluding hydrogens is 252 g/mol. The zero-order chi connectivity index (χ0) is 14.3. The third kappa shape index (κ3) is 3.49. The monoisotopic (exact) mass is 269 g/mol. The Kier molecular flexibility index (Phi) is 4.28. The van der Waals surface area contributed by atoms with Crippen molar-refractivity contribution >= 4 is 6.08 Å². The lowest BCUT2D eigenvalue weighted by molar-refractivity contribution is 1.29. The Morgan fingerprint density at radius 2 is 0.952 bits per heavy atom. The van der Waals surface area contributed by atoms with Gasteiger partial charge in [-0.25, -0.2) is 0 Å². The predicted molar refractivity (Wildman–Crippen MR) is 89.8 cm³/mol. The molecule has 0 saturated heterocycles. The van der Waals surface area contributed by atoms with E-state index in [-0.39, 0.29) is 0 Å². The first-order chi connectivity index (χ1) is 10.4. The minimum Gasteiger partial charge on any atom is -0.0675 e. The SMILES string of the molecule is C(=C\c1ccccc1)/[C](c1ccccc1)c1ccccc1. The molecule has 3 aromatic carbocycles. The fourth-order valence-corrected chi connectivity index (χ4v) is 2.34. The molecule has 0 aliphatic heterocycles. The van der Waals surface area contributed by atoms with Gasteiger partial charge in [0.1, 0.15) is 0 Å². The van der Waals surface area contributed by atoms with Gasteiger partial charge in [-0.05, 0) is 16.7 Å². The van der Waals surface area contributed by atoms with E-state index in [9.17, 15) is 0 Å². The predicted octanol–water partition coefficient (Wildman–Crippen LogP) is 5.37. The fraction of sp³-hybridized carbons (Fsp3) is 0. The van der Waals surface area contributed by atoms with Crippen LogP contribution in [0.1, 0.15) is 16.7 Å². The van der Waals surface area contributed by atoms with Crippen LogP contribution in [0.5, 0.6) is 0 Å². The van der Waals surface area contributed by atoms with Crippen LogP contribution in [0.4, 0.5) is 0 Å². The molecule has 0 heterocycles. The van der Waals surface area contributed by atoms with Gasteiger partial charge >= 0.3 is 0 Å². The molecule has 0 heteroatoms. The average molecular weight is 269 g/mol. The first-order valence-electron chi connectivity index (χ1n) is 7.14. The molecule has 0 N–H and O–H groups in total. The van der Waals surface area contributed by atoms with Crippen molar-refractivity contribution in [3.63, 3.8) is 0 Å². The van der Waals surface area contributed by atoms with Gasteiger partial charge in [-0.15, -0.1) is 0 Å². The maximum absolute atomic E-state index is 2.19. The summed E-state index contributed by atoms with van der Waals surface area (Å²) < 4.78 is 0. The molecule has 0 amide bonds. The van der Waals surface area contributed by atoms with Crippen LogP contribution in [0.15, 0.2) is 97.1 Å². The molecule has 0 atom stereocenters. The number of rotatable bonds is 4. The van der Waals surface area contributed by atoms with Crippen LogP contribution in [0.2, 0.25) is 0 Å². The van der Waals surface area contributed by atoms with Crippen LogP contribution in [0, 0.1) is 5.92 Å². The quantitative estimate of drug-likeness (QED) is 0.597. The summed E-state index contributed by atoms with van der Waals surface area (Å²) in [7, 11) is 0. The number of benzene rings is 3. The molecule has 0 saturated carbocycles. The molecule has 0 fully saturated rings. The Morgan fingerprint density at radius 1 is 0.524 bits per heavy atom. The Labute approximate surface area is 126 Å². The Morgan fingerprint density at radius 3 is 1.43 bits per heavy atom. The largest absolute Gasteiger partial charge is 0.0675 e. The zero-order valence-electron chi connectivity index (χ0n) is 11.8. The van der Waals surface area contributed by atoms with Crippen LogP contribution in [0.25, 0.3) is 6.08 Å². The second-order valence-corrected chi connectivity index (χ2v) is 4.89. The fourth-order valence-electron chi connectivity index (χ4n) is 2.34. The number of hydrogen-bond donors (Lipinski definition) is 0. The molecule has 0 aliphatic carbocycles. The second-order valence-electron chi connectivity index (χ2n) is 4.89. The molecule has 0 aliphatic rings. The van der Waals surface area contributed by atoms with Crippen molar-refractivity contribution in [1.29, 1.82) is 0 Å². The lowest BCUT2D eigenvalue weighted by atomic mass is 9.90. The van der Waals surface area contributed by atoms with Gasteiger partial charge in [-0.2, -0.15) is 0 Å². The van der Waals surface area contributed by atoms with E-state index in [1.165, 1.54) is 22.6 Å². The van der Waals surface area contributed by atoms with Gasteiger partial charge in [0.2, 0.25) is 0 Å². The van der Waals surface area contributed by atoms with E-state index in [1.54, 1.807) is 0 Å². The van der Waals surface area contributed by atoms with E-state index >= 15 is 0 Å². The smallest absolute Gasteiger partial charge is 0.0557 e. The summed E-state index contributed by atoms with van der Waals surface area (Å²) in [5.41, 5.74) is 3.67. The van der Waals surface area contributed by atoms with E-state index in [0.29, 0.717) is 0 Å². The highest BCUT2D eigenvalue weighted by Gasteiger charge is 2.10. The molecule has 3 rings (SSSR count). The Balaban J connectivity index is 1.96. The van der Waals surface area contributed by atoms with Crippen LogP contribution in [0.3, 0.4) is 0 Å². The maximum Gasteiger partial charge on any atom is 0.0557 e. The van der Waals surface area contributed by atoms with Crippen LogP contribution in [-0.2, 0) is 0 Å². The lowest BCUT2D eigenvalue weighted by Gasteiger charge is -2.13. The van der Waals surface area contributed by atoms with Crippen molar-refractivity contribution in [3.05, 3.63) is 120 Å². The third-order valence-electron chi connectivity index (χ3n) is 3.41. The summed E-state index contributed by atoms with van der Waals surface area (Å²) in [6.07, 6.45) is 4.36. The third-order valence-corrected chi connectivity index (χ3v) is 3.41. The summed E-state index contributed by atoms with van der Waals surface area (Å²) in [6.45, 7) is 0. The normalized spacial score (nSPS) is 11.1. The van der Waals surface area contributed by atoms with Crippen molar-refractivity contribution in [2.45, 2.75) is 0 Å². The van der Waals surface area contributed by atoms with Crippen molar-refractivity contribution in [1.82, 2.24) is 0 Å². The van der Waals surface area contributed by atoms with Gasteiger partial charge in [-0.3, -0.25) is 0 Å². The standard InChI is InChI=1S/C21H17/c1-4-10-18(11-5-1)16-17-21(19-12-6-2-7-13-19)20-14-8-3-9-15-20/h1-17H/b17-16+. The summed E-state index contributed by atoms with van der Waals surface area (Å²) in [6, 6.07) is 31.4. The molecular formula is C21H17. The van der Waals surface area contributed by atoms with E-state index in [0.717, 1.165) is 0 Å². The van der Waals surface area contributed by atoms with Gasteiger partial charge in [0.25, 0.3) is 0 Å². The lowest BCUT2D eigenvalue weighted by Crippen LogP contribution is -1.98. The Hall–Kier alpha value is -2.60. The highest BCUT2D eigenvalue weighted by atomic mass is 14.1. The van der Waals surface area contributed by atoms with Gasteiger partial charge < -0.3 is 0 Å². The summed E-state index contributed by atoms with van der Waals surface area (Å²) >= 11 is 0. The zero-order valence-corrected chi connectivity index (χ0v) is 11.8. The minimum atomic E-state index is 1.21. The number of allylic oxidation sites excluding steroid dienone is 1. The molecule has 0 spiro atoms. The van der Waals surface area contributed by atoms with E-state index < -0.39 is 0 Å². The topological polar surface area (TPSA) is 0 Å². The van der Waals surface area contributed by atoms with Gasteiger partial charge in [0.05, 0.1) is 5.92 Å². The van der Waals surface area contributed by atoms with Gasteiger partial charge in [0, 0.05) is 0 Å². The highest BCUT2D eigenvalue weighted by Crippen LogP contribution is 2.25. The summed E-state index contributed by atoms with van der Waals surface area (Å²) in [5.74, 6) is 1.24. The molecule has 21 heavy (non-hydrogen) atoms. The molecule has 0 nitrogen and oxygen atoms in total. The van der Waals surface area contributed by atoms with Crippen molar-refractivity contribution in [2.24, 2.45) is 0 Å². The van der Waals surface area contributed by atoms with E-state index in [4.69, 9.17) is 0 Å². The van der Waals surface area contributed by atoms with E-state index in [1.807, 2.05) is 18.2 Å². The maximum atomic E-state index is 2.19. The molecule has 1 radical (unpaired) electrons. The van der Waals surface area contributed by atoms with Crippen LogP contribution >= 0.6 is 0 Å². The first kappa shape index (κ1) is 13.4. The molecule has 0 aromatic heterocycles. The molecule has 101 valence electrons. The second kappa shape index (κ2) is 6.71. The minimum absolute atomic E-state index is 1.21. The van der Waals surface area contributed by atoms with Crippen molar-refractivity contribution in [2.75, 3.05) is 0 Å². The van der Waals surface area contributed by atoms with Gasteiger partial charge in [-0.1, -0.05) is 103 Å². The summed E-state index contributed by atoms with van der Waals surface area (Å²) in [4.78, 5) is 0. The highest BCUT2D eigenvalue weighted by molar-refractivity contribution is 5.60. The summed E-state index contributed by atoms with van der Waals surface area (Å²) in [5, 5.41) is 0. The van der Waals surface area contributed by atoms with Crippen LogP contribution in [-0.4, -0.2) is 0 Å². The number of hydrogen-bond acceptors (Lipinski definition) is 0. The molecule has 3 aromatic rings. The average Bonchev–Trinajstić information content (AvgIpc) is 2.58. The van der Waals surface area contributed by atoms with Crippen molar-refractivity contribution in [3.8, 4) is 0 Å². The Bertz CT molecular complexity index is 642. The first-order valence-corrected chi connectivity index (χ1v) is 7.14. The van der Waals surface area contributed by atoms with Crippen LogP contribution < -0.4 is 0 Å².